The third kappa shape index (κ3) is 3.53. The molecule has 2 heterocycles. The Labute approximate surface area is 142 Å². The number of aromatic hydroxyl groups is 1. The van der Waals surface area contributed by atoms with Gasteiger partial charge in [-0.05, 0) is 44.6 Å². The third-order valence-corrected chi connectivity index (χ3v) is 4.47. The fourth-order valence-electron chi connectivity index (χ4n) is 3.17. The average Bonchev–Trinajstić information content (AvgIpc) is 2.54. The highest BCUT2D eigenvalue weighted by atomic mass is 19.4. The molecule has 5 nitrogen and oxygen atoms in total. The zero-order valence-electron chi connectivity index (χ0n) is 13.6. The second-order valence-corrected chi connectivity index (χ2v) is 6.31. The Balaban J connectivity index is 2.01. The molecule has 0 radical (unpaired) electrons. The number of phenols is 1. The monoisotopic (exact) mass is 353 g/mol. The summed E-state index contributed by atoms with van der Waals surface area (Å²) in [5.74, 6) is -0.591. The predicted molar refractivity (Wildman–Crippen MR) is 86.4 cm³/mol. The van der Waals surface area contributed by atoms with Gasteiger partial charge in [0.2, 0.25) is 0 Å². The molecule has 0 aliphatic carbocycles. The van der Waals surface area contributed by atoms with Gasteiger partial charge < -0.3 is 10.0 Å². The molecule has 0 bridgehead atoms. The van der Waals surface area contributed by atoms with Crippen LogP contribution >= 0.6 is 0 Å². The van der Waals surface area contributed by atoms with Gasteiger partial charge in [0, 0.05) is 18.3 Å². The summed E-state index contributed by atoms with van der Waals surface area (Å²) in [6, 6.07) is 2.53. The molecule has 134 valence electrons. The number of piperidine rings is 1. The molecular weight excluding hydrogens is 335 g/mol. The number of benzene rings is 1. The van der Waals surface area contributed by atoms with E-state index in [0.29, 0.717) is 12.6 Å². The van der Waals surface area contributed by atoms with Crippen molar-refractivity contribution in [2.75, 3.05) is 20.1 Å². The molecule has 8 heteroatoms. The number of alkyl halides is 3. The summed E-state index contributed by atoms with van der Waals surface area (Å²) in [5, 5.41) is 9.99. The number of halogens is 3. The minimum absolute atomic E-state index is 0.0454. The number of rotatable bonds is 2. The molecule has 1 aromatic carbocycles. The second kappa shape index (κ2) is 6.51. The molecular formula is C17H18F3N3O2. The van der Waals surface area contributed by atoms with Gasteiger partial charge in [0.15, 0.2) is 0 Å². The van der Waals surface area contributed by atoms with Crippen molar-refractivity contribution in [3.63, 3.8) is 0 Å². The van der Waals surface area contributed by atoms with Crippen LogP contribution in [-0.4, -0.2) is 39.7 Å². The van der Waals surface area contributed by atoms with Gasteiger partial charge >= 0.3 is 6.18 Å². The summed E-state index contributed by atoms with van der Waals surface area (Å²) in [7, 11) is 1.97. The Kier molecular flexibility index (Phi) is 4.55. The summed E-state index contributed by atoms with van der Waals surface area (Å²) in [6.45, 7) is 1.65. The lowest BCUT2D eigenvalue weighted by atomic mass is 10.0. The maximum atomic E-state index is 12.8. The number of hydrogen-bond donors (Lipinski definition) is 1. The lowest BCUT2D eigenvalue weighted by Crippen LogP contribution is -2.38. The van der Waals surface area contributed by atoms with E-state index in [4.69, 9.17) is 0 Å². The molecule has 1 N–H and O–H groups in total. The molecule has 0 unspecified atom stereocenters. The molecule has 1 fully saturated rings. The Morgan fingerprint density at radius 2 is 2.04 bits per heavy atom. The Hall–Kier alpha value is -2.35. The second-order valence-electron chi connectivity index (χ2n) is 6.31. The number of aromatic nitrogens is 2. The highest BCUT2D eigenvalue weighted by Crippen LogP contribution is 2.35. The summed E-state index contributed by atoms with van der Waals surface area (Å²) in [4.78, 5) is 18.9. The zero-order valence-corrected chi connectivity index (χ0v) is 13.6. The number of likely N-dealkylation sites (tertiary alicyclic amines) is 1. The first-order valence-electron chi connectivity index (χ1n) is 7.92. The maximum absolute atomic E-state index is 12.8. The van der Waals surface area contributed by atoms with Crippen molar-refractivity contribution in [2.24, 2.45) is 0 Å². The van der Waals surface area contributed by atoms with Crippen molar-refractivity contribution >= 4 is 0 Å². The first-order valence-corrected chi connectivity index (χ1v) is 7.92. The first-order chi connectivity index (χ1) is 11.8. The van der Waals surface area contributed by atoms with Crippen LogP contribution in [0.15, 0.2) is 35.5 Å². The fourth-order valence-corrected chi connectivity index (χ4v) is 3.17. The van der Waals surface area contributed by atoms with E-state index in [-0.39, 0.29) is 22.7 Å². The lowest BCUT2D eigenvalue weighted by Gasteiger charge is -2.30. The SMILES string of the molecule is CN1CCC[C@@H](n2cncc(-c3ccc(C(F)(F)F)cc3O)c2=O)C1. The molecule has 3 rings (SSSR count). The molecule has 1 aliphatic heterocycles. The van der Waals surface area contributed by atoms with E-state index < -0.39 is 17.5 Å². The van der Waals surface area contributed by atoms with Crippen molar-refractivity contribution in [3.05, 3.63) is 46.6 Å². The third-order valence-electron chi connectivity index (χ3n) is 4.47. The van der Waals surface area contributed by atoms with Crippen molar-refractivity contribution < 1.29 is 18.3 Å². The fraction of sp³-hybridized carbons (Fsp3) is 0.412. The van der Waals surface area contributed by atoms with E-state index in [0.717, 1.165) is 31.5 Å². The Morgan fingerprint density at radius 1 is 1.28 bits per heavy atom. The molecule has 1 atom stereocenters. The molecule has 2 aromatic rings. The number of likely N-dealkylation sites (N-methyl/N-ethyl adjacent to an activating group) is 1. The van der Waals surface area contributed by atoms with Gasteiger partial charge in [0.05, 0.1) is 23.5 Å². The first kappa shape index (κ1) is 17.5. The van der Waals surface area contributed by atoms with Gasteiger partial charge in [0.1, 0.15) is 5.75 Å². The molecule has 1 aromatic heterocycles. The maximum Gasteiger partial charge on any atom is 0.416 e. The van der Waals surface area contributed by atoms with Crippen molar-refractivity contribution in [1.29, 1.82) is 0 Å². The minimum atomic E-state index is -4.56. The summed E-state index contributed by atoms with van der Waals surface area (Å²) in [6.07, 6.45) is -0.0694. The van der Waals surface area contributed by atoms with Crippen molar-refractivity contribution in [3.8, 4) is 16.9 Å². The highest BCUT2D eigenvalue weighted by Gasteiger charge is 2.31. The van der Waals surface area contributed by atoms with Gasteiger partial charge in [-0.1, -0.05) is 0 Å². The van der Waals surface area contributed by atoms with Crippen LogP contribution in [0, 0.1) is 0 Å². The van der Waals surface area contributed by atoms with Crippen LogP contribution in [0.25, 0.3) is 11.1 Å². The lowest BCUT2D eigenvalue weighted by molar-refractivity contribution is -0.137. The predicted octanol–water partition coefficient (Wildman–Crippen LogP) is 2.90. The molecule has 0 spiro atoms. The number of nitrogens with zero attached hydrogens (tertiary/aromatic N) is 3. The normalized spacial score (nSPS) is 19.1. The number of phenolic OH excluding ortho intramolecular Hbond substituents is 1. The summed E-state index contributed by atoms with van der Waals surface area (Å²) in [5.41, 5.74) is -1.21. The van der Waals surface area contributed by atoms with Crippen LogP contribution < -0.4 is 5.56 Å². The van der Waals surface area contributed by atoms with Gasteiger partial charge in [0.25, 0.3) is 5.56 Å². The van der Waals surface area contributed by atoms with E-state index in [9.17, 15) is 23.1 Å². The quantitative estimate of drug-likeness (QED) is 0.902. The van der Waals surface area contributed by atoms with E-state index in [1.165, 1.54) is 17.1 Å². The van der Waals surface area contributed by atoms with Crippen molar-refractivity contribution in [2.45, 2.75) is 25.1 Å². The molecule has 0 saturated carbocycles. The molecule has 25 heavy (non-hydrogen) atoms. The van der Waals surface area contributed by atoms with Gasteiger partial charge in [-0.25, -0.2) is 4.98 Å². The van der Waals surface area contributed by atoms with Crippen molar-refractivity contribution in [1.82, 2.24) is 14.5 Å². The van der Waals surface area contributed by atoms with E-state index >= 15 is 0 Å². The van der Waals surface area contributed by atoms with Crippen LogP contribution in [0.3, 0.4) is 0 Å². The number of hydrogen-bond acceptors (Lipinski definition) is 4. The molecule has 1 saturated heterocycles. The Bertz CT molecular complexity index is 833. The summed E-state index contributed by atoms with van der Waals surface area (Å²) < 4.78 is 39.7. The smallest absolute Gasteiger partial charge is 0.416 e. The van der Waals surface area contributed by atoms with E-state index in [1.807, 2.05) is 7.05 Å². The average molecular weight is 353 g/mol. The molecule has 0 amide bonds. The van der Waals surface area contributed by atoms with Crippen LogP contribution in [0.4, 0.5) is 13.2 Å². The largest absolute Gasteiger partial charge is 0.507 e. The zero-order chi connectivity index (χ0) is 18.2. The highest BCUT2D eigenvalue weighted by molar-refractivity contribution is 5.69. The van der Waals surface area contributed by atoms with Crippen LogP contribution in [0.5, 0.6) is 5.75 Å². The summed E-state index contributed by atoms with van der Waals surface area (Å²) >= 11 is 0. The van der Waals surface area contributed by atoms with Crippen LogP contribution in [-0.2, 0) is 6.18 Å². The minimum Gasteiger partial charge on any atom is -0.507 e. The molecule has 1 aliphatic rings. The van der Waals surface area contributed by atoms with Crippen LogP contribution in [0.1, 0.15) is 24.4 Å². The van der Waals surface area contributed by atoms with Crippen LogP contribution in [0.2, 0.25) is 0 Å². The van der Waals surface area contributed by atoms with Gasteiger partial charge in [-0.3, -0.25) is 9.36 Å². The van der Waals surface area contributed by atoms with E-state index in [1.54, 1.807) is 0 Å². The standard InChI is InChI=1S/C17H18F3N3O2/c1-22-6-2-3-12(9-22)23-10-21-8-14(16(23)25)13-5-4-11(7-15(13)24)17(18,19)20/h4-5,7-8,10,12,24H,2-3,6,9H2,1H3/t12-/m1/s1. The van der Waals surface area contributed by atoms with Gasteiger partial charge in [-0.2, -0.15) is 13.2 Å². The Morgan fingerprint density at radius 3 is 2.68 bits per heavy atom. The van der Waals surface area contributed by atoms with E-state index in [2.05, 4.69) is 9.88 Å². The van der Waals surface area contributed by atoms with Gasteiger partial charge in [-0.15, -0.1) is 0 Å². The topological polar surface area (TPSA) is 58.4 Å².